The molecule has 1 amide bonds. The number of carbonyl (C=O) groups is 1. The van der Waals surface area contributed by atoms with Crippen LogP contribution in [-0.4, -0.2) is 46.5 Å². The zero-order chi connectivity index (χ0) is 23.7. The van der Waals surface area contributed by atoms with E-state index in [2.05, 4.69) is 5.32 Å². The van der Waals surface area contributed by atoms with E-state index in [0.717, 1.165) is 31.2 Å². The second kappa shape index (κ2) is 9.28. The summed E-state index contributed by atoms with van der Waals surface area (Å²) in [7, 11) is 5.13. The van der Waals surface area contributed by atoms with E-state index in [1.807, 2.05) is 19.0 Å². The molecule has 2 aromatic heterocycles. The number of rotatable bonds is 7. The van der Waals surface area contributed by atoms with Crippen LogP contribution in [0.2, 0.25) is 0 Å². The molecule has 0 unspecified atom stereocenters. The summed E-state index contributed by atoms with van der Waals surface area (Å²) in [6.07, 6.45) is 3.91. The lowest BCUT2D eigenvalue weighted by Crippen LogP contribution is -2.33. The van der Waals surface area contributed by atoms with E-state index in [4.69, 9.17) is 9.72 Å². The highest BCUT2D eigenvalue weighted by atomic mass is 32.1. The molecule has 0 radical (unpaired) electrons. The predicted octanol–water partition coefficient (Wildman–Crippen LogP) is 2.95. The minimum atomic E-state index is -0.590. The molecule has 1 aliphatic carbocycles. The maximum atomic E-state index is 13.5. The molecule has 0 atom stereocenters. The highest BCUT2D eigenvalue weighted by Gasteiger charge is 2.24. The highest BCUT2D eigenvalue weighted by Crippen LogP contribution is 2.34. The SMILES string of the molecule is COc1ccc(NC(=O)Cn2c(CN(C)C)nc3sc4c(c3c2=O)CCCC4)c([N+](=O)[O-])c1. The number of aromatic nitrogens is 2. The summed E-state index contributed by atoms with van der Waals surface area (Å²) in [5.41, 5.74) is 0.560. The van der Waals surface area contributed by atoms with Crippen LogP contribution in [0.25, 0.3) is 10.2 Å². The number of ether oxygens (including phenoxy) is 1. The van der Waals surface area contributed by atoms with Crippen molar-refractivity contribution in [1.29, 1.82) is 0 Å². The number of amides is 1. The summed E-state index contributed by atoms with van der Waals surface area (Å²) in [6, 6.07) is 4.18. The number of thiophene rings is 1. The number of nitro groups is 1. The van der Waals surface area contributed by atoms with E-state index in [9.17, 15) is 19.7 Å². The summed E-state index contributed by atoms with van der Waals surface area (Å²) in [5, 5.41) is 14.6. The zero-order valence-electron chi connectivity index (χ0n) is 18.7. The Kier molecular flexibility index (Phi) is 6.43. The molecule has 1 N–H and O–H groups in total. The second-order valence-electron chi connectivity index (χ2n) is 8.24. The molecule has 4 rings (SSSR count). The molecule has 0 bridgehead atoms. The molecule has 0 spiro atoms. The number of nitro benzene ring substituents is 1. The van der Waals surface area contributed by atoms with E-state index in [1.54, 1.807) is 11.3 Å². The minimum absolute atomic E-state index is 0.0370. The molecule has 1 aromatic carbocycles. The van der Waals surface area contributed by atoms with Crippen molar-refractivity contribution in [2.24, 2.45) is 0 Å². The van der Waals surface area contributed by atoms with Gasteiger partial charge in [0.25, 0.3) is 11.2 Å². The van der Waals surface area contributed by atoms with Gasteiger partial charge in [-0.2, -0.15) is 0 Å². The lowest BCUT2D eigenvalue weighted by molar-refractivity contribution is -0.384. The summed E-state index contributed by atoms with van der Waals surface area (Å²) in [5.74, 6) is 0.243. The molecule has 0 aliphatic heterocycles. The monoisotopic (exact) mass is 471 g/mol. The average Bonchev–Trinajstić information content (AvgIpc) is 3.14. The number of hydrogen-bond acceptors (Lipinski definition) is 8. The van der Waals surface area contributed by atoms with Crippen LogP contribution >= 0.6 is 11.3 Å². The third-order valence-corrected chi connectivity index (χ3v) is 6.77. The molecule has 10 nitrogen and oxygen atoms in total. The first-order chi connectivity index (χ1) is 15.8. The van der Waals surface area contributed by atoms with Gasteiger partial charge in [0, 0.05) is 4.88 Å². The highest BCUT2D eigenvalue weighted by molar-refractivity contribution is 7.18. The Morgan fingerprint density at radius 1 is 1.33 bits per heavy atom. The van der Waals surface area contributed by atoms with Gasteiger partial charge in [-0.05, 0) is 57.5 Å². The van der Waals surface area contributed by atoms with Crippen molar-refractivity contribution >= 4 is 38.8 Å². The number of carbonyl (C=O) groups excluding carboxylic acids is 1. The van der Waals surface area contributed by atoms with Crippen molar-refractivity contribution < 1.29 is 14.5 Å². The van der Waals surface area contributed by atoms with Crippen LogP contribution in [0.4, 0.5) is 11.4 Å². The number of anilines is 1. The third-order valence-electron chi connectivity index (χ3n) is 5.59. The number of benzene rings is 1. The first-order valence-corrected chi connectivity index (χ1v) is 11.4. The number of nitrogens with zero attached hydrogens (tertiary/aromatic N) is 4. The zero-order valence-corrected chi connectivity index (χ0v) is 19.5. The molecule has 174 valence electrons. The number of methoxy groups -OCH3 is 1. The van der Waals surface area contributed by atoms with Gasteiger partial charge >= 0.3 is 0 Å². The van der Waals surface area contributed by atoms with Crippen molar-refractivity contribution in [3.63, 3.8) is 0 Å². The van der Waals surface area contributed by atoms with E-state index < -0.39 is 10.8 Å². The topological polar surface area (TPSA) is 120 Å². The Morgan fingerprint density at radius 3 is 2.79 bits per heavy atom. The van der Waals surface area contributed by atoms with Gasteiger partial charge < -0.3 is 15.0 Å². The minimum Gasteiger partial charge on any atom is -0.496 e. The molecule has 11 heteroatoms. The molecular formula is C22H25N5O5S. The van der Waals surface area contributed by atoms with Crippen molar-refractivity contribution in [3.8, 4) is 5.75 Å². The van der Waals surface area contributed by atoms with Crippen LogP contribution in [0.1, 0.15) is 29.1 Å². The molecule has 33 heavy (non-hydrogen) atoms. The quantitative estimate of drug-likeness (QED) is 0.415. The number of aryl methyl sites for hydroxylation is 2. The molecule has 3 aromatic rings. The van der Waals surface area contributed by atoms with Crippen LogP contribution in [0.5, 0.6) is 5.75 Å². The standard InChI is InChI=1S/C22H25N5O5S/c1-25(2)11-18-24-21-20(14-6-4-5-7-17(14)33-21)22(29)26(18)12-19(28)23-15-9-8-13(32-3)10-16(15)27(30)31/h8-10H,4-7,11-12H2,1-3H3,(H,23,28). The maximum Gasteiger partial charge on any atom is 0.296 e. The van der Waals surface area contributed by atoms with Crippen molar-refractivity contribution in [3.05, 3.63) is 54.9 Å². The van der Waals surface area contributed by atoms with Crippen LogP contribution in [-0.2, 0) is 30.7 Å². The maximum absolute atomic E-state index is 13.5. The lowest BCUT2D eigenvalue weighted by atomic mass is 9.97. The van der Waals surface area contributed by atoms with Gasteiger partial charge in [-0.25, -0.2) is 4.98 Å². The van der Waals surface area contributed by atoms with E-state index in [0.29, 0.717) is 28.3 Å². The van der Waals surface area contributed by atoms with Crippen LogP contribution < -0.4 is 15.6 Å². The molecule has 0 saturated heterocycles. The molecule has 2 heterocycles. The summed E-state index contributed by atoms with van der Waals surface area (Å²) in [6.45, 7) is 0.0858. The summed E-state index contributed by atoms with van der Waals surface area (Å²) < 4.78 is 6.42. The van der Waals surface area contributed by atoms with E-state index in [-0.39, 0.29) is 23.5 Å². The van der Waals surface area contributed by atoms with Gasteiger partial charge in [0.15, 0.2) is 0 Å². The molecule has 0 fully saturated rings. The largest absolute Gasteiger partial charge is 0.496 e. The van der Waals surface area contributed by atoms with Crippen molar-refractivity contribution in [2.45, 2.75) is 38.8 Å². The van der Waals surface area contributed by atoms with Gasteiger partial charge in [-0.15, -0.1) is 11.3 Å². The van der Waals surface area contributed by atoms with Crippen molar-refractivity contribution in [1.82, 2.24) is 14.5 Å². The van der Waals surface area contributed by atoms with Gasteiger partial charge in [-0.3, -0.25) is 24.3 Å². The Labute approximate surface area is 194 Å². The van der Waals surface area contributed by atoms with E-state index in [1.165, 1.54) is 34.8 Å². The Balaban J connectivity index is 1.72. The number of fused-ring (bicyclic) bond motifs is 3. The normalized spacial score (nSPS) is 13.2. The Morgan fingerprint density at radius 2 is 2.09 bits per heavy atom. The fourth-order valence-corrected chi connectivity index (χ4v) is 5.35. The Hall–Kier alpha value is -3.31. The average molecular weight is 472 g/mol. The van der Waals surface area contributed by atoms with Gasteiger partial charge in [0.1, 0.15) is 28.6 Å². The fourth-order valence-electron chi connectivity index (χ4n) is 4.08. The first kappa shape index (κ1) is 22.9. The first-order valence-electron chi connectivity index (χ1n) is 10.6. The second-order valence-corrected chi connectivity index (χ2v) is 9.32. The molecule has 0 saturated carbocycles. The smallest absolute Gasteiger partial charge is 0.296 e. The predicted molar refractivity (Wildman–Crippen MR) is 126 cm³/mol. The summed E-state index contributed by atoms with van der Waals surface area (Å²) >= 11 is 1.56. The van der Waals surface area contributed by atoms with E-state index >= 15 is 0 Å². The number of nitrogens with one attached hydrogen (secondary N) is 1. The van der Waals surface area contributed by atoms with Gasteiger partial charge in [0.2, 0.25) is 5.91 Å². The third kappa shape index (κ3) is 4.60. The lowest BCUT2D eigenvalue weighted by Gasteiger charge is -2.16. The van der Waals surface area contributed by atoms with Crippen LogP contribution in [0, 0.1) is 10.1 Å². The fraction of sp³-hybridized carbons (Fsp3) is 0.409. The molecular weight excluding hydrogens is 446 g/mol. The molecule has 1 aliphatic rings. The van der Waals surface area contributed by atoms with Gasteiger partial charge in [-0.1, -0.05) is 0 Å². The van der Waals surface area contributed by atoms with Crippen LogP contribution in [0.15, 0.2) is 23.0 Å². The van der Waals surface area contributed by atoms with Crippen LogP contribution in [0.3, 0.4) is 0 Å². The Bertz CT molecular complexity index is 1300. The number of hydrogen-bond donors (Lipinski definition) is 1. The summed E-state index contributed by atoms with van der Waals surface area (Å²) in [4.78, 5) is 45.8. The van der Waals surface area contributed by atoms with Gasteiger partial charge in [0.05, 0.1) is 30.0 Å². The van der Waals surface area contributed by atoms with Crippen molar-refractivity contribution in [2.75, 3.05) is 26.5 Å².